The minimum atomic E-state index is -1.07. The van der Waals surface area contributed by atoms with E-state index in [1.165, 1.54) is 0 Å². The highest BCUT2D eigenvalue weighted by atomic mass is 28.2. The van der Waals surface area contributed by atoms with Crippen molar-refractivity contribution in [2.45, 2.75) is 81.5 Å². The maximum atomic E-state index is 14.7. The maximum absolute atomic E-state index is 14.7. The summed E-state index contributed by atoms with van der Waals surface area (Å²) in [5, 5.41) is 22.5. The van der Waals surface area contributed by atoms with Gasteiger partial charge in [0, 0.05) is 72.1 Å². The fourth-order valence-corrected chi connectivity index (χ4v) is 10.2. The van der Waals surface area contributed by atoms with Gasteiger partial charge in [0.25, 0.3) is 0 Å². The summed E-state index contributed by atoms with van der Waals surface area (Å²) >= 11 is 0. The number of nitrogens with one attached hydrogen (secondary N) is 6. The van der Waals surface area contributed by atoms with Crippen molar-refractivity contribution in [2.24, 2.45) is 28.1 Å². The molecule has 386 valence electrons. The van der Waals surface area contributed by atoms with E-state index in [1.807, 2.05) is 60.7 Å². The molecule has 0 unspecified atom stereocenters. The summed E-state index contributed by atoms with van der Waals surface area (Å²) in [6.45, 7) is 2.78. The molecular weight excluding hydrogens is 947 g/mol. The molecule has 5 aromatic rings. The third-order valence-corrected chi connectivity index (χ3v) is 14.4. The van der Waals surface area contributed by atoms with Gasteiger partial charge in [-0.1, -0.05) is 48.9 Å². The average Bonchev–Trinajstić information content (AvgIpc) is 3.79. The Hall–Kier alpha value is -7.42. The van der Waals surface area contributed by atoms with E-state index in [0.29, 0.717) is 67.8 Å². The van der Waals surface area contributed by atoms with Crippen LogP contribution in [-0.2, 0) is 41.6 Å². The van der Waals surface area contributed by atoms with E-state index < -0.39 is 50.9 Å². The van der Waals surface area contributed by atoms with Gasteiger partial charge in [0.15, 0.2) is 15.6 Å². The van der Waals surface area contributed by atoms with Gasteiger partial charge < -0.3 is 67.9 Å². The highest BCUT2D eigenvalue weighted by Gasteiger charge is 2.32. The summed E-state index contributed by atoms with van der Waals surface area (Å²) in [5.41, 5.74) is 22.0. The number of ether oxygens (including phenoxy) is 2. The van der Waals surface area contributed by atoms with E-state index in [9.17, 15) is 29.1 Å². The van der Waals surface area contributed by atoms with Crippen molar-refractivity contribution >= 4 is 67.5 Å². The van der Waals surface area contributed by atoms with Crippen LogP contribution in [0.5, 0.6) is 11.5 Å². The zero-order chi connectivity index (χ0) is 51.7. The van der Waals surface area contributed by atoms with E-state index in [-0.39, 0.29) is 55.4 Å². The van der Waals surface area contributed by atoms with Crippen LogP contribution in [0.15, 0.2) is 102 Å². The Morgan fingerprint density at radius 1 is 0.890 bits per heavy atom. The SMILES string of the molecule is COc1ccccc1-c1ccc(C[C@H]([Si]NC(=O)[C@H](Cc2c[nH]c3ccc(O)cc23)NC(=O)[C@H]2CCC[C@H](N)C2)C(=O)N[C@@H](CCCCN=C(N)N)C(=O)NCC(=O)Nc2ccc(N3CCOCC3)cc2)cc1. The summed E-state index contributed by atoms with van der Waals surface area (Å²) < 4.78 is 11.1. The first-order valence-electron chi connectivity index (χ1n) is 24.8. The Morgan fingerprint density at radius 2 is 1.66 bits per heavy atom. The summed E-state index contributed by atoms with van der Waals surface area (Å²) in [6, 6.07) is 25.4. The zero-order valence-electron chi connectivity index (χ0n) is 41.2. The molecule has 1 aromatic heterocycles. The highest BCUT2D eigenvalue weighted by molar-refractivity contribution is 6.45. The molecule has 0 spiro atoms. The van der Waals surface area contributed by atoms with Crippen LogP contribution in [0.4, 0.5) is 11.4 Å². The molecule has 2 fully saturated rings. The van der Waals surface area contributed by atoms with Crippen molar-refractivity contribution in [1.29, 1.82) is 0 Å². The predicted molar refractivity (Wildman–Crippen MR) is 283 cm³/mol. The molecule has 19 nitrogen and oxygen atoms in total. The number of H-pyrrole nitrogens is 1. The Kier molecular flexibility index (Phi) is 19.2. The van der Waals surface area contributed by atoms with Crippen molar-refractivity contribution in [2.75, 3.05) is 56.7 Å². The van der Waals surface area contributed by atoms with E-state index in [4.69, 9.17) is 26.7 Å². The molecule has 1 saturated carbocycles. The van der Waals surface area contributed by atoms with Gasteiger partial charge in [-0.15, -0.1) is 0 Å². The molecule has 5 amide bonds. The molecule has 1 aliphatic carbocycles. The topological polar surface area (TPSA) is 294 Å². The van der Waals surface area contributed by atoms with Crippen LogP contribution in [0.2, 0.25) is 5.54 Å². The average molecular weight is 1010 g/mol. The van der Waals surface area contributed by atoms with Crippen LogP contribution in [0.25, 0.3) is 22.0 Å². The number of carbonyl (C=O) groups is 5. The number of aromatic nitrogens is 1. The van der Waals surface area contributed by atoms with Gasteiger partial charge in [-0.2, -0.15) is 0 Å². The lowest BCUT2D eigenvalue weighted by Crippen LogP contribution is -2.53. The number of phenolic OH excluding ortho intramolecular Hbond substituents is 1. The molecule has 20 heteroatoms. The van der Waals surface area contributed by atoms with Gasteiger partial charge in [-0.05, 0) is 110 Å². The minimum Gasteiger partial charge on any atom is -0.508 e. The number of phenols is 1. The second kappa shape index (κ2) is 26.3. The largest absolute Gasteiger partial charge is 0.508 e. The molecule has 73 heavy (non-hydrogen) atoms. The number of aromatic amines is 1. The number of benzene rings is 4. The number of unbranched alkanes of at least 4 members (excludes halogenated alkanes) is 1. The fraction of sp³-hybridized carbons (Fsp3) is 0.396. The lowest BCUT2D eigenvalue weighted by Gasteiger charge is -2.28. The van der Waals surface area contributed by atoms with Crippen LogP contribution in [0.3, 0.4) is 0 Å². The van der Waals surface area contributed by atoms with Crippen LogP contribution >= 0.6 is 0 Å². The molecule has 2 radical (unpaired) electrons. The second-order valence-electron chi connectivity index (χ2n) is 18.5. The molecule has 7 rings (SSSR count). The van der Waals surface area contributed by atoms with Crippen molar-refractivity contribution in [3.8, 4) is 22.6 Å². The smallest absolute Gasteiger partial charge is 0.243 e. The number of aliphatic imine (C=N–C) groups is 1. The van der Waals surface area contributed by atoms with E-state index in [0.717, 1.165) is 53.8 Å². The number of methoxy groups -OCH3 is 1. The Labute approximate surface area is 427 Å². The number of nitrogens with two attached hydrogens (primary N) is 3. The van der Waals surface area contributed by atoms with E-state index in [2.05, 4.69) is 41.1 Å². The van der Waals surface area contributed by atoms with Crippen LogP contribution < -0.4 is 53.1 Å². The quantitative estimate of drug-likeness (QED) is 0.0195. The first kappa shape index (κ1) is 53.4. The van der Waals surface area contributed by atoms with Crippen LogP contribution in [0, 0.1) is 5.92 Å². The van der Waals surface area contributed by atoms with Gasteiger partial charge in [-0.3, -0.25) is 29.0 Å². The molecular formula is C53H67N11O8Si. The fourth-order valence-electron chi connectivity index (χ4n) is 9.20. The Balaban J connectivity index is 1.09. The summed E-state index contributed by atoms with van der Waals surface area (Å²) in [5.74, 6) is -2.01. The second-order valence-corrected chi connectivity index (χ2v) is 19.7. The monoisotopic (exact) mass is 1010 g/mol. The van der Waals surface area contributed by atoms with Crippen molar-refractivity contribution in [1.82, 2.24) is 25.9 Å². The first-order chi connectivity index (χ1) is 35.3. The molecule has 13 N–H and O–H groups in total. The van der Waals surface area contributed by atoms with Gasteiger partial charge in [0.2, 0.25) is 29.5 Å². The maximum Gasteiger partial charge on any atom is 0.243 e. The molecule has 2 heterocycles. The summed E-state index contributed by atoms with van der Waals surface area (Å²) in [6.07, 6.45) is 5.90. The van der Waals surface area contributed by atoms with Crippen LogP contribution in [-0.4, -0.2) is 120 Å². The van der Waals surface area contributed by atoms with Gasteiger partial charge in [0.1, 0.15) is 23.6 Å². The van der Waals surface area contributed by atoms with E-state index >= 15 is 0 Å². The number of hydrogen-bond acceptors (Lipinski definition) is 11. The van der Waals surface area contributed by atoms with Crippen molar-refractivity contribution in [3.05, 3.63) is 108 Å². The third-order valence-electron chi connectivity index (χ3n) is 13.2. The Morgan fingerprint density at radius 3 is 2.40 bits per heavy atom. The summed E-state index contributed by atoms with van der Waals surface area (Å²) in [4.78, 5) is 82.5. The third kappa shape index (κ3) is 15.5. The number of amides is 5. The zero-order valence-corrected chi connectivity index (χ0v) is 42.2. The number of aromatic hydroxyl groups is 1. The number of morpholine rings is 1. The molecule has 4 aromatic carbocycles. The lowest BCUT2D eigenvalue weighted by atomic mass is 9.85. The van der Waals surface area contributed by atoms with Gasteiger partial charge >= 0.3 is 0 Å². The number of carbonyl (C=O) groups excluding carboxylic acids is 5. The minimum absolute atomic E-state index is 0.0513. The standard InChI is InChI=1S/C53H67N11O8Si/c1-71-46-11-3-2-9-41(46)34-14-12-33(13-15-34)27-47(73-63-51(69)45(62-49(67)35-7-6-8-37(54)28-35)29-36-31-58-43-21-20-40(65)30-42(36)43)52(70)61-44(10-4-5-22-57-53(55)56)50(68)59-32-48(66)60-38-16-18-39(19-17-38)64-23-25-72-26-24-64/h2-3,9,11-21,30-31,35,37,44-45,47,58,65H,4-8,10,22-29,32,54H2,1H3,(H,59,68)(H,60,66)(H,61,70)(H,62,67)(H,63,69)(H4,55,56,57)/t35-,37-,44-,45-,47-/m0/s1. The van der Waals surface area contributed by atoms with Crippen molar-refractivity contribution < 1.29 is 38.6 Å². The molecule has 1 saturated heterocycles. The number of hydrogen-bond donors (Lipinski definition) is 10. The van der Waals surface area contributed by atoms with Gasteiger partial charge in [0.05, 0.1) is 32.4 Å². The summed E-state index contributed by atoms with van der Waals surface area (Å²) in [7, 11) is 1.10. The predicted octanol–water partition coefficient (Wildman–Crippen LogP) is 3.38. The number of para-hydroxylation sites is 1. The normalized spacial score (nSPS) is 16.8. The highest BCUT2D eigenvalue weighted by Crippen LogP contribution is 2.31. The molecule has 0 bridgehead atoms. The Bertz CT molecular complexity index is 2690. The number of anilines is 2. The number of nitrogens with zero attached hydrogens (tertiary/aromatic N) is 2. The number of guanidine groups is 1. The first-order valence-corrected chi connectivity index (χ1v) is 25.9. The van der Waals surface area contributed by atoms with Gasteiger partial charge in [-0.25, -0.2) is 0 Å². The number of fused-ring (bicyclic) bond motifs is 1. The molecule has 1 aliphatic heterocycles. The lowest BCUT2D eigenvalue weighted by molar-refractivity contribution is -0.131. The van der Waals surface area contributed by atoms with Crippen LogP contribution in [0.1, 0.15) is 56.1 Å². The number of rotatable bonds is 23. The van der Waals surface area contributed by atoms with E-state index in [1.54, 1.807) is 43.6 Å². The molecule has 5 atom stereocenters. The molecule has 2 aliphatic rings. The van der Waals surface area contributed by atoms with Crippen molar-refractivity contribution in [3.63, 3.8) is 0 Å².